The van der Waals surface area contributed by atoms with Crippen LogP contribution in [0.4, 0.5) is 23.7 Å². The Balaban J connectivity index is 2.65. The monoisotopic (exact) mass is 333 g/mol. The molecule has 0 heterocycles. The van der Waals surface area contributed by atoms with E-state index in [2.05, 4.69) is 15.4 Å². The van der Waals surface area contributed by atoms with Crippen LogP contribution in [0.3, 0.4) is 0 Å². The number of carboxylic acids is 1. The van der Waals surface area contributed by atoms with Gasteiger partial charge in [0, 0.05) is 5.69 Å². The Morgan fingerprint density at radius 2 is 1.83 bits per heavy atom. The van der Waals surface area contributed by atoms with Crippen LogP contribution in [-0.4, -0.2) is 24.4 Å². The molecule has 128 valence electrons. The normalized spacial score (nSPS) is 13.8. The molecule has 2 N–H and O–H groups in total. The third-order valence-electron chi connectivity index (χ3n) is 3.10. The standard InChI is InChI=1S/C14H17F3N2O4/c1-3-8(2)11(12(20)21)19-13(22)18-9-4-6-10(7-5-9)23-14(15,16)17/h4-8,11H,3H2,1-2H3,(H,20,21)(H2,18,19,22)/p-1/t8-,11+/m1/s1. The van der Waals surface area contributed by atoms with E-state index in [0.717, 1.165) is 12.1 Å². The van der Waals surface area contributed by atoms with Gasteiger partial charge in [0.25, 0.3) is 0 Å². The second kappa shape index (κ2) is 7.70. The summed E-state index contributed by atoms with van der Waals surface area (Å²) >= 11 is 0. The lowest BCUT2D eigenvalue weighted by Gasteiger charge is -2.25. The van der Waals surface area contributed by atoms with Gasteiger partial charge < -0.3 is 25.3 Å². The maximum Gasteiger partial charge on any atom is 0.573 e. The van der Waals surface area contributed by atoms with E-state index in [4.69, 9.17) is 0 Å². The van der Waals surface area contributed by atoms with Gasteiger partial charge in [-0.2, -0.15) is 0 Å². The summed E-state index contributed by atoms with van der Waals surface area (Å²) in [6, 6.07) is 2.45. The average molecular weight is 333 g/mol. The van der Waals surface area contributed by atoms with Crippen molar-refractivity contribution in [1.82, 2.24) is 5.32 Å². The highest BCUT2D eigenvalue weighted by Crippen LogP contribution is 2.23. The summed E-state index contributed by atoms with van der Waals surface area (Å²) in [5, 5.41) is 15.6. The number of hydrogen-bond donors (Lipinski definition) is 2. The van der Waals surface area contributed by atoms with Gasteiger partial charge in [0.2, 0.25) is 0 Å². The van der Waals surface area contributed by atoms with Crippen LogP contribution in [0.15, 0.2) is 24.3 Å². The van der Waals surface area contributed by atoms with Crippen LogP contribution >= 0.6 is 0 Å². The summed E-state index contributed by atoms with van der Waals surface area (Å²) in [5.41, 5.74) is 0.179. The molecule has 0 bridgehead atoms. The maximum atomic E-state index is 12.0. The molecule has 0 spiro atoms. The Morgan fingerprint density at radius 3 is 2.26 bits per heavy atom. The van der Waals surface area contributed by atoms with E-state index in [-0.39, 0.29) is 11.6 Å². The summed E-state index contributed by atoms with van der Waals surface area (Å²) in [6.07, 6.45) is -4.28. The number of ether oxygens (including phenoxy) is 1. The molecule has 1 rings (SSSR count). The highest BCUT2D eigenvalue weighted by atomic mass is 19.4. The SMILES string of the molecule is CC[C@@H](C)[C@H](NC(=O)Nc1ccc(OC(F)(F)F)cc1)C(=O)[O-]. The fourth-order valence-electron chi connectivity index (χ4n) is 1.72. The molecule has 1 aromatic rings. The molecule has 0 aliphatic heterocycles. The Morgan fingerprint density at radius 1 is 1.26 bits per heavy atom. The zero-order valence-corrected chi connectivity index (χ0v) is 12.4. The number of alkyl halides is 3. The molecule has 0 unspecified atom stereocenters. The van der Waals surface area contributed by atoms with Gasteiger partial charge in [0.05, 0.1) is 12.0 Å². The molecule has 0 saturated heterocycles. The number of hydrogen-bond acceptors (Lipinski definition) is 4. The topological polar surface area (TPSA) is 90.5 Å². The smallest absolute Gasteiger partial charge is 0.548 e. The second-order valence-electron chi connectivity index (χ2n) is 4.85. The molecule has 0 radical (unpaired) electrons. The quantitative estimate of drug-likeness (QED) is 0.831. The molecule has 6 nitrogen and oxygen atoms in total. The van der Waals surface area contributed by atoms with Gasteiger partial charge in [-0.25, -0.2) is 4.79 Å². The maximum absolute atomic E-state index is 12.0. The molecule has 2 amide bonds. The fourth-order valence-corrected chi connectivity index (χ4v) is 1.72. The number of halogens is 3. The number of carbonyl (C=O) groups excluding carboxylic acids is 2. The molecule has 0 fully saturated rings. The van der Waals surface area contributed by atoms with E-state index in [9.17, 15) is 27.9 Å². The van der Waals surface area contributed by atoms with Crippen LogP contribution in [0.1, 0.15) is 20.3 Å². The van der Waals surface area contributed by atoms with Crippen molar-refractivity contribution in [3.8, 4) is 5.75 Å². The predicted molar refractivity (Wildman–Crippen MR) is 73.5 cm³/mol. The fraction of sp³-hybridized carbons (Fsp3) is 0.429. The van der Waals surface area contributed by atoms with Gasteiger partial charge in [0.15, 0.2) is 0 Å². The number of nitrogens with one attached hydrogen (secondary N) is 2. The van der Waals surface area contributed by atoms with Gasteiger partial charge in [-0.3, -0.25) is 0 Å². The first kappa shape index (κ1) is 18.6. The van der Waals surface area contributed by atoms with Crippen molar-refractivity contribution >= 4 is 17.7 Å². The molecule has 0 saturated carbocycles. The molecule has 0 aliphatic rings. The van der Waals surface area contributed by atoms with E-state index in [1.54, 1.807) is 13.8 Å². The van der Waals surface area contributed by atoms with Crippen LogP contribution < -0.4 is 20.5 Å². The van der Waals surface area contributed by atoms with E-state index >= 15 is 0 Å². The number of anilines is 1. The van der Waals surface area contributed by atoms with Crippen LogP contribution in [-0.2, 0) is 4.79 Å². The molecule has 2 atom stereocenters. The third-order valence-corrected chi connectivity index (χ3v) is 3.10. The lowest BCUT2D eigenvalue weighted by atomic mass is 9.99. The minimum Gasteiger partial charge on any atom is -0.548 e. The molecule has 1 aromatic carbocycles. The summed E-state index contributed by atoms with van der Waals surface area (Å²) in [6.45, 7) is 3.41. The molecule has 9 heteroatoms. The zero-order valence-electron chi connectivity index (χ0n) is 12.4. The number of carboxylic acid groups (broad SMARTS) is 1. The van der Waals surface area contributed by atoms with Gasteiger partial charge in [-0.05, 0) is 30.2 Å². The van der Waals surface area contributed by atoms with E-state index in [1.165, 1.54) is 12.1 Å². The van der Waals surface area contributed by atoms with Crippen LogP contribution in [0.2, 0.25) is 0 Å². The van der Waals surface area contributed by atoms with Crippen molar-refractivity contribution in [3.05, 3.63) is 24.3 Å². The molecule has 0 aromatic heterocycles. The van der Waals surface area contributed by atoms with Crippen LogP contribution in [0.5, 0.6) is 5.75 Å². The summed E-state index contributed by atoms with van der Waals surface area (Å²) in [5.74, 6) is -2.19. The summed E-state index contributed by atoms with van der Waals surface area (Å²) < 4.78 is 39.7. The molecule has 23 heavy (non-hydrogen) atoms. The third kappa shape index (κ3) is 6.45. The molecular weight excluding hydrogens is 317 g/mol. The Labute approximate surface area is 130 Å². The highest BCUT2D eigenvalue weighted by molar-refractivity contribution is 5.92. The van der Waals surface area contributed by atoms with E-state index < -0.39 is 30.2 Å². The highest BCUT2D eigenvalue weighted by Gasteiger charge is 2.31. The van der Waals surface area contributed by atoms with Crippen LogP contribution in [0.25, 0.3) is 0 Å². The minimum atomic E-state index is -4.80. The molecular formula is C14H16F3N2O4-. The van der Waals surface area contributed by atoms with Crippen molar-refractivity contribution < 1.29 is 32.6 Å². The Bertz CT molecular complexity index is 546. The number of rotatable bonds is 6. The van der Waals surface area contributed by atoms with E-state index in [0.29, 0.717) is 6.42 Å². The van der Waals surface area contributed by atoms with Gasteiger partial charge in [-0.1, -0.05) is 20.3 Å². The Hall–Kier alpha value is -2.45. The first-order chi connectivity index (χ1) is 10.6. The summed E-state index contributed by atoms with van der Waals surface area (Å²) in [4.78, 5) is 22.7. The average Bonchev–Trinajstić information content (AvgIpc) is 2.44. The lowest BCUT2D eigenvalue weighted by molar-refractivity contribution is -0.309. The van der Waals surface area contributed by atoms with Crippen molar-refractivity contribution in [2.24, 2.45) is 5.92 Å². The van der Waals surface area contributed by atoms with Crippen LogP contribution in [0, 0.1) is 5.92 Å². The first-order valence-corrected chi connectivity index (χ1v) is 6.76. The van der Waals surface area contributed by atoms with Gasteiger partial charge in [0.1, 0.15) is 5.75 Å². The first-order valence-electron chi connectivity index (χ1n) is 6.76. The van der Waals surface area contributed by atoms with Gasteiger partial charge in [-0.15, -0.1) is 13.2 Å². The molecule has 0 aliphatic carbocycles. The zero-order chi connectivity index (χ0) is 17.6. The number of benzene rings is 1. The number of carbonyl (C=O) groups is 2. The van der Waals surface area contributed by atoms with Crippen molar-refractivity contribution in [3.63, 3.8) is 0 Å². The number of urea groups is 1. The minimum absolute atomic E-state index is 0.179. The van der Waals surface area contributed by atoms with Crippen molar-refractivity contribution in [2.75, 3.05) is 5.32 Å². The predicted octanol–water partition coefficient (Wildman–Crippen LogP) is 1.87. The largest absolute Gasteiger partial charge is 0.573 e. The number of aliphatic carboxylic acids is 1. The van der Waals surface area contributed by atoms with E-state index in [1.807, 2.05) is 0 Å². The summed E-state index contributed by atoms with van der Waals surface area (Å²) in [7, 11) is 0. The van der Waals surface area contributed by atoms with Crippen molar-refractivity contribution in [2.45, 2.75) is 32.7 Å². The second-order valence-corrected chi connectivity index (χ2v) is 4.85. The lowest BCUT2D eigenvalue weighted by Crippen LogP contribution is -2.52. The number of amides is 2. The van der Waals surface area contributed by atoms with Crippen molar-refractivity contribution in [1.29, 1.82) is 0 Å². The van der Waals surface area contributed by atoms with Gasteiger partial charge >= 0.3 is 12.4 Å². The Kier molecular flexibility index (Phi) is 6.23.